The third-order valence-corrected chi connectivity index (χ3v) is 5.53. The molecule has 1 heterocycles. The molecule has 2 aromatic carbocycles. The second kappa shape index (κ2) is 8.38. The van der Waals surface area contributed by atoms with Crippen LogP contribution in [0.1, 0.15) is 61.1 Å². The average molecular weight is 415 g/mol. The summed E-state index contributed by atoms with van der Waals surface area (Å²) in [4.78, 5) is 12.8. The Kier molecular flexibility index (Phi) is 6.23. The second-order valence-electron chi connectivity index (χ2n) is 8.91. The molecule has 0 radical (unpaired) electrons. The minimum atomic E-state index is -0.917. The number of rotatable bonds is 4. The predicted octanol–water partition coefficient (Wildman–Crippen LogP) is 5.77. The van der Waals surface area contributed by atoms with Crippen LogP contribution in [0.3, 0.4) is 0 Å². The van der Waals surface area contributed by atoms with Crippen LogP contribution in [0.4, 0.5) is 4.39 Å². The van der Waals surface area contributed by atoms with E-state index in [-0.39, 0.29) is 5.82 Å². The van der Waals surface area contributed by atoms with Crippen LogP contribution < -0.4 is 4.74 Å². The molecule has 1 aliphatic heterocycles. The van der Waals surface area contributed by atoms with Crippen molar-refractivity contribution >= 4 is 5.97 Å². The number of hydrogen-bond donors (Lipinski definition) is 0. The van der Waals surface area contributed by atoms with Gasteiger partial charge in [-0.05, 0) is 88.3 Å². The van der Waals surface area contributed by atoms with Gasteiger partial charge in [0.05, 0.1) is 19.3 Å². The molecule has 0 N–H and O–H groups in total. The summed E-state index contributed by atoms with van der Waals surface area (Å²) in [6, 6.07) is 5.48. The molecule has 5 heteroatoms. The van der Waals surface area contributed by atoms with Gasteiger partial charge in [-0.15, -0.1) is 0 Å². The number of methoxy groups -OCH3 is 1. The van der Waals surface area contributed by atoms with E-state index in [0.29, 0.717) is 12.4 Å². The lowest BCUT2D eigenvalue weighted by molar-refractivity contribution is -0.164. The van der Waals surface area contributed by atoms with E-state index in [1.807, 2.05) is 53.7 Å². The first-order valence-electron chi connectivity index (χ1n) is 10.4. The molecule has 1 aliphatic rings. The van der Waals surface area contributed by atoms with E-state index in [9.17, 15) is 4.79 Å². The van der Waals surface area contributed by atoms with E-state index < -0.39 is 17.7 Å². The Balaban J connectivity index is 2.31. The zero-order valence-electron chi connectivity index (χ0n) is 18.9. The van der Waals surface area contributed by atoms with Gasteiger partial charge >= 0.3 is 5.97 Å². The molecule has 162 valence electrons. The van der Waals surface area contributed by atoms with Crippen molar-refractivity contribution < 1.29 is 23.4 Å². The van der Waals surface area contributed by atoms with Crippen molar-refractivity contribution in [3.05, 3.63) is 51.8 Å². The minimum absolute atomic E-state index is 0.352. The number of ether oxygens (including phenoxy) is 3. The monoisotopic (exact) mass is 414 g/mol. The Bertz CT molecular complexity index is 972. The zero-order chi connectivity index (χ0) is 22.2. The van der Waals surface area contributed by atoms with Crippen LogP contribution >= 0.6 is 0 Å². The number of carbonyl (C=O) groups excluding carboxylic acids is 1. The van der Waals surface area contributed by atoms with Crippen molar-refractivity contribution in [2.24, 2.45) is 0 Å². The molecule has 4 nitrogen and oxygen atoms in total. The Hall–Kier alpha value is -2.40. The Morgan fingerprint density at radius 1 is 1.17 bits per heavy atom. The highest BCUT2D eigenvalue weighted by Gasteiger charge is 2.33. The predicted molar refractivity (Wildman–Crippen MR) is 115 cm³/mol. The van der Waals surface area contributed by atoms with Gasteiger partial charge in [0.1, 0.15) is 0 Å². The van der Waals surface area contributed by atoms with Crippen molar-refractivity contribution in [3.8, 4) is 16.9 Å². The maximum atomic E-state index is 15.0. The molecule has 1 atom stereocenters. The first kappa shape index (κ1) is 22.3. The van der Waals surface area contributed by atoms with Gasteiger partial charge < -0.3 is 14.2 Å². The summed E-state index contributed by atoms with van der Waals surface area (Å²) >= 11 is 0. The average Bonchev–Trinajstić information content (AvgIpc) is 2.69. The van der Waals surface area contributed by atoms with E-state index in [4.69, 9.17) is 14.2 Å². The molecule has 0 saturated carbocycles. The molecule has 30 heavy (non-hydrogen) atoms. The topological polar surface area (TPSA) is 44.8 Å². The van der Waals surface area contributed by atoms with Crippen LogP contribution in [0.5, 0.6) is 5.75 Å². The Morgan fingerprint density at radius 3 is 2.47 bits per heavy atom. The molecule has 3 rings (SSSR count). The maximum Gasteiger partial charge on any atom is 0.339 e. The summed E-state index contributed by atoms with van der Waals surface area (Å²) in [5, 5.41) is 0. The van der Waals surface area contributed by atoms with Crippen LogP contribution in [-0.4, -0.2) is 25.3 Å². The van der Waals surface area contributed by atoms with Gasteiger partial charge in [0, 0.05) is 11.1 Å². The highest BCUT2D eigenvalue weighted by atomic mass is 19.1. The lowest BCUT2D eigenvalue weighted by Gasteiger charge is -2.30. The van der Waals surface area contributed by atoms with E-state index in [0.717, 1.165) is 51.8 Å². The lowest BCUT2D eigenvalue weighted by Crippen LogP contribution is -2.29. The third-order valence-electron chi connectivity index (χ3n) is 5.53. The summed E-state index contributed by atoms with van der Waals surface area (Å²) in [5.41, 5.74) is 5.44. The SMILES string of the molecule is COC(=O)[C@@H](OC(C)(C)C)c1c(C)ccc(C)c1-c1cc(F)c2c(c1C)CCCO2. The number of aryl methyl sites for hydroxylation is 2. The van der Waals surface area contributed by atoms with E-state index in [1.54, 1.807) is 0 Å². The van der Waals surface area contributed by atoms with Gasteiger partial charge in [-0.1, -0.05) is 12.1 Å². The molecule has 0 saturated heterocycles. The molecule has 0 aromatic heterocycles. The van der Waals surface area contributed by atoms with Gasteiger partial charge in [-0.3, -0.25) is 0 Å². The fraction of sp³-hybridized carbons (Fsp3) is 0.480. The van der Waals surface area contributed by atoms with Crippen molar-refractivity contribution in [1.82, 2.24) is 0 Å². The highest BCUT2D eigenvalue weighted by molar-refractivity contribution is 5.85. The van der Waals surface area contributed by atoms with Crippen molar-refractivity contribution in [1.29, 1.82) is 0 Å². The number of benzene rings is 2. The molecular weight excluding hydrogens is 383 g/mol. The van der Waals surface area contributed by atoms with Crippen LogP contribution in [0.25, 0.3) is 11.1 Å². The number of carbonyl (C=O) groups is 1. The maximum absolute atomic E-state index is 15.0. The number of fused-ring (bicyclic) bond motifs is 1. The Morgan fingerprint density at radius 2 is 1.83 bits per heavy atom. The molecular formula is C25H31FO4. The smallest absolute Gasteiger partial charge is 0.339 e. The van der Waals surface area contributed by atoms with E-state index in [2.05, 4.69) is 0 Å². The van der Waals surface area contributed by atoms with Gasteiger partial charge in [-0.2, -0.15) is 0 Å². The molecule has 0 spiro atoms. The molecule has 2 aromatic rings. The van der Waals surface area contributed by atoms with Gasteiger partial charge in [0.2, 0.25) is 0 Å². The van der Waals surface area contributed by atoms with Crippen LogP contribution in [0.2, 0.25) is 0 Å². The van der Waals surface area contributed by atoms with Crippen LogP contribution in [0.15, 0.2) is 18.2 Å². The standard InChI is InChI=1S/C25H31FO4/c1-14-10-11-15(2)21(23(24(27)28-7)30-25(4,5)6)20(14)18-13-19(26)22-17(16(18)3)9-8-12-29-22/h10-11,13,23H,8-9,12H2,1-7H3/t23-/m0/s1. The molecule has 0 fully saturated rings. The van der Waals surface area contributed by atoms with Gasteiger partial charge in [-0.25, -0.2) is 9.18 Å². The normalized spacial score (nSPS) is 14.7. The summed E-state index contributed by atoms with van der Waals surface area (Å²) < 4.78 is 31.9. The Labute approximate surface area is 178 Å². The fourth-order valence-electron chi connectivity index (χ4n) is 4.13. The quantitative estimate of drug-likeness (QED) is 0.596. The van der Waals surface area contributed by atoms with E-state index in [1.165, 1.54) is 13.2 Å². The first-order chi connectivity index (χ1) is 14.0. The minimum Gasteiger partial charge on any atom is -0.490 e. The van der Waals surface area contributed by atoms with Crippen molar-refractivity contribution in [2.45, 2.75) is 66.1 Å². The first-order valence-corrected chi connectivity index (χ1v) is 10.4. The second-order valence-corrected chi connectivity index (χ2v) is 8.91. The van der Waals surface area contributed by atoms with Crippen molar-refractivity contribution in [2.75, 3.05) is 13.7 Å². The number of hydrogen-bond acceptors (Lipinski definition) is 4. The fourth-order valence-corrected chi connectivity index (χ4v) is 4.13. The zero-order valence-corrected chi connectivity index (χ0v) is 18.9. The third kappa shape index (κ3) is 4.22. The number of halogens is 1. The molecule has 0 aliphatic carbocycles. The molecule has 0 unspecified atom stereocenters. The van der Waals surface area contributed by atoms with Crippen LogP contribution in [0, 0.1) is 26.6 Å². The molecule has 0 amide bonds. The van der Waals surface area contributed by atoms with E-state index >= 15 is 4.39 Å². The largest absolute Gasteiger partial charge is 0.490 e. The molecule has 0 bridgehead atoms. The summed E-state index contributed by atoms with van der Waals surface area (Å²) in [5.74, 6) is -0.493. The van der Waals surface area contributed by atoms with Crippen molar-refractivity contribution in [3.63, 3.8) is 0 Å². The van der Waals surface area contributed by atoms with Gasteiger partial charge in [0.25, 0.3) is 0 Å². The van der Waals surface area contributed by atoms with Crippen LogP contribution in [-0.2, 0) is 20.7 Å². The summed E-state index contributed by atoms with van der Waals surface area (Å²) in [6.07, 6.45) is 0.707. The van der Waals surface area contributed by atoms with Gasteiger partial charge in [0.15, 0.2) is 17.7 Å². The summed E-state index contributed by atoms with van der Waals surface area (Å²) in [7, 11) is 1.35. The highest BCUT2D eigenvalue weighted by Crippen LogP contribution is 2.43. The number of esters is 1. The summed E-state index contributed by atoms with van der Waals surface area (Å²) in [6.45, 7) is 12.1. The lowest BCUT2D eigenvalue weighted by atomic mass is 9.84.